The molecule has 20 heteroatoms. The summed E-state index contributed by atoms with van der Waals surface area (Å²) in [4.78, 5) is 68.6. The zero-order valence-electron chi connectivity index (χ0n) is 33.5. The van der Waals surface area contributed by atoms with Crippen molar-refractivity contribution in [2.75, 3.05) is 50.2 Å². The van der Waals surface area contributed by atoms with Crippen molar-refractivity contribution in [1.82, 2.24) is 39.9 Å². The number of benzene rings is 2. The van der Waals surface area contributed by atoms with E-state index in [0.717, 1.165) is 30.6 Å². The van der Waals surface area contributed by atoms with Gasteiger partial charge in [-0.3, -0.25) is 34.2 Å². The number of imide groups is 2. The molecule has 5 aromatic rings. The van der Waals surface area contributed by atoms with Crippen molar-refractivity contribution in [2.24, 2.45) is 5.73 Å². The molecule has 2 aromatic carbocycles. The Morgan fingerprint density at radius 3 is 2.44 bits per heavy atom. The smallest absolute Gasteiger partial charge is 0.282 e. The molecule has 5 heterocycles. The van der Waals surface area contributed by atoms with Gasteiger partial charge in [0.05, 0.1) is 48.9 Å². The number of anilines is 2. The third-order valence-electron chi connectivity index (χ3n) is 11.0. The quantitative estimate of drug-likeness (QED) is 0.0668. The molecular formula is C42H45F2N11O7. The Balaban J connectivity index is 0.762. The van der Waals surface area contributed by atoms with Gasteiger partial charge in [-0.05, 0) is 61.7 Å². The first-order valence-electron chi connectivity index (χ1n) is 20.4. The molecule has 324 valence electrons. The number of ether oxygens (including phenoxy) is 2. The van der Waals surface area contributed by atoms with E-state index in [1.165, 1.54) is 21.5 Å². The molecule has 18 nitrogen and oxygen atoms in total. The normalized spacial score (nSPS) is 19.0. The van der Waals surface area contributed by atoms with Gasteiger partial charge in [0.15, 0.2) is 5.65 Å². The first-order chi connectivity index (χ1) is 30.0. The molecule has 0 radical (unpaired) electrons. The molecule has 3 atom stereocenters. The minimum Gasteiger partial charge on any atom is -0.382 e. The average Bonchev–Trinajstić information content (AvgIpc) is 3.97. The number of amides is 5. The first-order valence-corrected chi connectivity index (χ1v) is 20.4. The number of alkyl halides is 2. The highest BCUT2D eigenvalue weighted by atomic mass is 19.3. The maximum Gasteiger partial charge on any atom is 0.282 e. The third-order valence-corrected chi connectivity index (χ3v) is 11.0. The topological polar surface area (TPSA) is 229 Å². The van der Waals surface area contributed by atoms with Crippen molar-refractivity contribution in [3.63, 3.8) is 0 Å². The van der Waals surface area contributed by atoms with E-state index in [1.54, 1.807) is 54.7 Å². The van der Waals surface area contributed by atoms with Gasteiger partial charge in [0, 0.05) is 66.9 Å². The molecule has 2 fully saturated rings. The van der Waals surface area contributed by atoms with Crippen LogP contribution in [0.2, 0.25) is 0 Å². The van der Waals surface area contributed by atoms with Crippen LogP contribution in [0.5, 0.6) is 0 Å². The molecule has 8 rings (SSSR count). The number of nitrogens with zero attached hydrogens (tertiary/aromatic N) is 6. The standard InChI is InChI=1S/C42H45F2N11O7/c43-38(44)37-27(31-22-34-49-33(14-17-53(34)51-31)48-29-6-2-1-5-28(29)45)23-54(52-37)25-10-8-24(9-11-25)39(57)47-16-19-62-21-20-61-18-15-46-30-7-3-4-26-36(30)42(60)55(41(26)59)32-12-13-35(56)50-40(32)58/h3-4,7-11,14,17,22-23,28-29,32,38,46H,1-2,5-6,12-13,15-16,18-21,45H2,(H,47,57)(H,48,49)(H,50,56,58)/t28-,29+,32?/m1/s1. The van der Waals surface area contributed by atoms with E-state index in [4.69, 9.17) is 15.2 Å². The van der Waals surface area contributed by atoms with E-state index in [0.29, 0.717) is 40.6 Å². The Morgan fingerprint density at radius 1 is 0.903 bits per heavy atom. The second-order valence-electron chi connectivity index (χ2n) is 15.1. The fraction of sp³-hybridized carbons (Fsp3) is 0.381. The number of aromatic nitrogens is 5. The minimum atomic E-state index is -2.87. The molecule has 3 aliphatic rings. The molecule has 1 unspecified atom stereocenters. The van der Waals surface area contributed by atoms with Crippen LogP contribution in [0.4, 0.5) is 20.3 Å². The van der Waals surface area contributed by atoms with Gasteiger partial charge in [0.25, 0.3) is 24.1 Å². The Kier molecular flexibility index (Phi) is 12.6. The number of carbonyl (C=O) groups excluding carboxylic acids is 5. The highest BCUT2D eigenvalue weighted by Gasteiger charge is 2.45. The summed E-state index contributed by atoms with van der Waals surface area (Å²) in [5.74, 6) is -2.00. The lowest BCUT2D eigenvalue weighted by atomic mass is 9.91. The van der Waals surface area contributed by atoms with Crippen LogP contribution < -0.4 is 27.0 Å². The number of hydrogen-bond donors (Lipinski definition) is 5. The van der Waals surface area contributed by atoms with Crippen LogP contribution in [0, 0.1) is 0 Å². The van der Waals surface area contributed by atoms with Gasteiger partial charge in [-0.1, -0.05) is 18.9 Å². The zero-order valence-corrected chi connectivity index (χ0v) is 33.5. The van der Waals surface area contributed by atoms with Crippen molar-refractivity contribution in [1.29, 1.82) is 0 Å². The van der Waals surface area contributed by atoms with E-state index in [-0.39, 0.29) is 80.5 Å². The number of nitrogens with one attached hydrogen (secondary N) is 4. The molecule has 1 saturated heterocycles. The summed E-state index contributed by atoms with van der Waals surface area (Å²) >= 11 is 0. The number of carbonyl (C=O) groups is 5. The summed E-state index contributed by atoms with van der Waals surface area (Å²) in [7, 11) is 0. The summed E-state index contributed by atoms with van der Waals surface area (Å²) in [6.07, 6.45) is 4.54. The molecule has 0 bridgehead atoms. The summed E-state index contributed by atoms with van der Waals surface area (Å²) < 4.78 is 42.5. The molecular weight excluding hydrogens is 809 g/mol. The van der Waals surface area contributed by atoms with Crippen molar-refractivity contribution in [2.45, 2.75) is 63.1 Å². The number of halogens is 2. The lowest BCUT2D eigenvalue weighted by Gasteiger charge is -2.29. The van der Waals surface area contributed by atoms with Gasteiger partial charge >= 0.3 is 0 Å². The molecule has 5 amide bonds. The molecule has 3 aromatic heterocycles. The molecule has 62 heavy (non-hydrogen) atoms. The Labute approximate surface area is 353 Å². The fourth-order valence-electron chi connectivity index (χ4n) is 7.84. The number of rotatable bonds is 17. The second-order valence-corrected chi connectivity index (χ2v) is 15.1. The van der Waals surface area contributed by atoms with E-state index < -0.39 is 41.8 Å². The summed E-state index contributed by atoms with van der Waals surface area (Å²) in [6, 6.07) is 13.7. The van der Waals surface area contributed by atoms with Crippen LogP contribution in [0.3, 0.4) is 0 Å². The van der Waals surface area contributed by atoms with Gasteiger partial charge in [-0.15, -0.1) is 0 Å². The Bertz CT molecular complexity index is 2490. The monoisotopic (exact) mass is 853 g/mol. The van der Waals surface area contributed by atoms with Gasteiger partial charge in [-0.25, -0.2) is 23.0 Å². The van der Waals surface area contributed by atoms with Gasteiger partial charge in [-0.2, -0.15) is 10.2 Å². The van der Waals surface area contributed by atoms with Crippen molar-refractivity contribution >= 4 is 46.7 Å². The zero-order chi connectivity index (χ0) is 43.3. The van der Waals surface area contributed by atoms with Crippen LogP contribution in [0.25, 0.3) is 22.6 Å². The number of hydrogen-bond acceptors (Lipinski definition) is 13. The average molecular weight is 854 g/mol. The maximum atomic E-state index is 14.2. The van der Waals surface area contributed by atoms with E-state index in [2.05, 4.69) is 36.4 Å². The van der Waals surface area contributed by atoms with Crippen molar-refractivity contribution < 1.29 is 42.2 Å². The van der Waals surface area contributed by atoms with Crippen molar-refractivity contribution in [3.05, 3.63) is 89.4 Å². The summed E-state index contributed by atoms with van der Waals surface area (Å²) in [6.45, 7) is 1.54. The highest BCUT2D eigenvalue weighted by molar-refractivity contribution is 6.25. The van der Waals surface area contributed by atoms with Crippen LogP contribution in [-0.4, -0.2) is 116 Å². The van der Waals surface area contributed by atoms with Crippen molar-refractivity contribution in [3.8, 4) is 16.9 Å². The summed E-state index contributed by atoms with van der Waals surface area (Å²) in [5.41, 5.74) is 8.39. The molecule has 0 spiro atoms. The van der Waals surface area contributed by atoms with Gasteiger partial charge in [0.2, 0.25) is 11.8 Å². The largest absolute Gasteiger partial charge is 0.382 e. The van der Waals surface area contributed by atoms with Crippen LogP contribution >= 0.6 is 0 Å². The molecule has 1 aliphatic carbocycles. The van der Waals surface area contributed by atoms with Gasteiger partial charge < -0.3 is 31.2 Å². The molecule has 6 N–H and O–H groups in total. The van der Waals surface area contributed by atoms with E-state index in [9.17, 15) is 32.8 Å². The number of fused-ring (bicyclic) bond motifs is 2. The predicted octanol–water partition coefficient (Wildman–Crippen LogP) is 3.48. The van der Waals surface area contributed by atoms with Crippen LogP contribution in [0.15, 0.2) is 67.0 Å². The first kappa shape index (κ1) is 42.1. The lowest BCUT2D eigenvalue weighted by molar-refractivity contribution is -0.136. The molecule has 1 saturated carbocycles. The van der Waals surface area contributed by atoms with Crippen LogP contribution in [-0.2, 0) is 19.1 Å². The number of piperidine rings is 1. The van der Waals surface area contributed by atoms with E-state index >= 15 is 0 Å². The predicted molar refractivity (Wildman–Crippen MR) is 220 cm³/mol. The van der Waals surface area contributed by atoms with Crippen LogP contribution in [0.1, 0.15) is 81.7 Å². The second kappa shape index (κ2) is 18.5. The van der Waals surface area contributed by atoms with Gasteiger partial charge in [0.1, 0.15) is 17.6 Å². The highest BCUT2D eigenvalue weighted by Crippen LogP contribution is 2.33. The SMILES string of the molecule is N[C@@H]1CCCC[C@@H]1Nc1ccn2nc(-c3cn(-c4ccc(C(=O)NCCOCCOCCNc5cccc6c5C(=O)N(C5CCC(=O)NC5=O)C6=O)cc4)nc3C(F)F)cc2n1. The molecule has 2 aliphatic heterocycles. The fourth-order valence-corrected chi connectivity index (χ4v) is 7.84. The summed E-state index contributed by atoms with van der Waals surface area (Å²) in [5, 5.41) is 20.1. The van der Waals surface area contributed by atoms with E-state index in [1.807, 2.05) is 0 Å². The minimum absolute atomic E-state index is 0.0354. The maximum absolute atomic E-state index is 14.2. The number of nitrogens with two attached hydrogens (primary N) is 1. The Hall–Kier alpha value is -6.64. The third kappa shape index (κ3) is 9.02. The Morgan fingerprint density at radius 2 is 1.68 bits per heavy atom. The lowest BCUT2D eigenvalue weighted by Crippen LogP contribution is -2.54.